The van der Waals surface area contributed by atoms with Crippen LogP contribution < -0.4 is 9.80 Å². The van der Waals surface area contributed by atoms with Crippen molar-refractivity contribution in [3.63, 3.8) is 0 Å². The van der Waals surface area contributed by atoms with E-state index in [1.807, 2.05) is 0 Å². The smallest absolute Gasteiger partial charge is 0.0561 e. The minimum atomic E-state index is -0.00159. The summed E-state index contributed by atoms with van der Waals surface area (Å²) in [6.45, 7) is 25.0. The highest BCUT2D eigenvalue weighted by atomic mass is 15.2. The second kappa shape index (κ2) is 16.4. The van der Waals surface area contributed by atoms with Crippen LogP contribution in [-0.4, -0.2) is 0 Å². The van der Waals surface area contributed by atoms with Crippen LogP contribution in [0.3, 0.4) is 0 Å². The Hall–Kier alpha value is -7.16. The van der Waals surface area contributed by atoms with Gasteiger partial charge in [0.1, 0.15) is 0 Å². The van der Waals surface area contributed by atoms with Crippen LogP contribution in [0.1, 0.15) is 70.8 Å². The van der Waals surface area contributed by atoms with Gasteiger partial charge in [-0.3, -0.25) is 0 Å². The molecule has 0 amide bonds. The third-order valence-electron chi connectivity index (χ3n) is 14.2. The van der Waals surface area contributed by atoms with Crippen LogP contribution in [0, 0.1) is 55.4 Å². The molecule has 0 unspecified atom stereocenters. The van der Waals surface area contributed by atoms with Gasteiger partial charge in [-0.05, 0) is 167 Å². The van der Waals surface area contributed by atoms with Gasteiger partial charge in [0.25, 0.3) is 0 Å². The van der Waals surface area contributed by atoms with Crippen molar-refractivity contribution < 1.29 is 0 Å². The maximum absolute atomic E-state index is 2.59. The molecule has 0 N–H and O–H groups in total. The summed E-state index contributed by atoms with van der Waals surface area (Å²) >= 11 is 0. The minimum Gasteiger partial charge on any atom is -0.309 e. The Bertz CT molecular complexity index is 3250. The van der Waals surface area contributed by atoms with Gasteiger partial charge in [0.05, 0.1) is 22.7 Å². The molecule has 0 saturated carbocycles. The van der Waals surface area contributed by atoms with Gasteiger partial charge in [-0.25, -0.2) is 0 Å². The number of benzene rings is 10. The highest BCUT2D eigenvalue weighted by Gasteiger charge is 2.29. The van der Waals surface area contributed by atoms with Gasteiger partial charge in [0.2, 0.25) is 0 Å². The molecule has 0 aliphatic heterocycles. The summed E-state index contributed by atoms with van der Waals surface area (Å²) in [5.74, 6) is 0. The maximum Gasteiger partial charge on any atom is 0.0561 e. The molecule has 2 heteroatoms. The van der Waals surface area contributed by atoms with Crippen LogP contribution >= 0.6 is 0 Å². The minimum absolute atomic E-state index is 0.00159. The first kappa shape index (κ1) is 42.8. The monoisotopic (exact) mass is 856 g/mol. The first-order valence-corrected chi connectivity index (χ1v) is 23.5. The SMILES string of the molecule is Cc1ccccc1-c1ccc(C)c(N(c2c(C)cccc2C)c2cc(N(c3cc(-c4ccccc4C)ccc3C)c3c(C)cccc3C)c3ccc4cc(C(C)(C)C)cc5ccc2c3c54)c1. The average molecular weight is 857 g/mol. The van der Waals surface area contributed by atoms with E-state index in [0.29, 0.717) is 0 Å². The van der Waals surface area contributed by atoms with Gasteiger partial charge in [-0.2, -0.15) is 0 Å². The van der Waals surface area contributed by atoms with Crippen LogP contribution in [0.2, 0.25) is 0 Å². The lowest BCUT2D eigenvalue weighted by molar-refractivity contribution is 0.591. The van der Waals surface area contributed by atoms with Crippen molar-refractivity contribution in [2.45, 2.75) is 81.6 Å². The van der Waals surface area contributed by atoms with Crippen molar-refractivity contribution in [2.75, 3.05) is 9.80 Å². The van der Waals surface area contributed by atoms with Crippen molar-refractivity contribution >= 4 is 66.4 Å². The molecule has 0 atom stereocenters. The molecule has 0 bridgehead atoms. The zero-order valence-electron chi connectivity index (χ0n) is 40.5. The Morgan fingerprint density at radius 1 is 0.318 bits per heavy atom. The van der Waals surface area contributed by atoms with Crippen molar-refractivity contribution in [1.82, 2.24) is 0 Å². The number of nitrogens with zero attached hydrogens (tertiary/aromatic N) is 2. The molecule has 10 aromatic carbocycles. The molecular formula is C64H60N2. The predicted molar refractivity (Wildman–Crippen MR) is 287 cm³/mol. The molecule has 0 saturated heterocycles. The summed E-state index contributed by atoms with van der Waals surface area (Å²) < 4.78 is 0. The van der Waals surface area contributed by atoms with Gasteiger partial charge in [-0.15, -0.1) is 0 Å². The topological polar surface area (TPSA) is 6.48 Å². The standard InChI is InChI=1S/C64H60N2/c1-39-18-12-14-24-52(39)47-28-26-41(3)56(36-47)65(62-43(5)20-16-21-44(62)6)58-38-59(55-33-31-50-35-51(64(9,10)11)34-49-30-32-54(58)61(55)60(49)50)66(63-45(7)22-17-23-46(63)8)57-37-48(29-27-42(57)4)53-25-15-13-19-40(53)2/h12-38H,1-11H3. The zero-order chi connectivity index (χ0) is 46.2. The highest BCUT2D eigenvalue weighted by molar-refractivity contribution is 6.29. The Morgan fingerprint density at radius 3 is 1.11 bits per heavy atom. The summed E-state index contributed by atoms with van der Waals surface area (Å²) in [6.07, 6.45) is 0. The normalized spacial score (nSPS) is 11.9. The first-order chi connectivity index (χ1) is 31.7. The van der Waals surface area contributed by atoms with Crippen LogP contribution in [-0.2, 0) is 5.41 Å². The summed E-state index contributed by atoms with van der Waals surface area (Å²) in [5.41, 5.74) is 23.2. The van der Waals surface area contributed by atoms with Gasteiger partial charge >= 0.3 is 0 Å². The number of hydrogen-bond acceptors (Lipinski definition) is 2. The molecule has 0 aliphatic rings. The van der Waals surface area contributed by atoms with Gasteiger partial charge in [0.15, 0.2) is 0 Å². The van der Waals surface area contributed by atoms with Crippen molar-refractivity contribution in [3.8, 4) is 22.3 Å². The van der Waals surface area contributed by atoms with E-state index in [2.05, 4.69) is 250 Å². The largest absolute Gasteiger partial charge is 0.309 e. The molecule has 326 valence electrons. The molecule has 0 aliphatic carbocycles. The van der Waals surface area contributed by atoms with E-state index in [1.54, 1.807) is 0 Å². The quantitative estimate of drug-likeness (QED) is 0.141. The van der Waals surface area contributed by atoms with Gasteiger partial charge in [-0.1, -0.05) is 166 Å². The lowest BCUT2D eigenvalue weighted by Gasteiger charge is -2.36. The third kappa shape index (κ3) is 7.20. The van der Waals surface area contributed by atoms with E-state index in [1.165, 1.54) is 127 Å². The van der Waals surface area contributed by atoms with Crippen LogP contribution in [0.4, 0.5) is 34.1 Å². The van der Waals surface area contributed by atoms with Crippen LogP contribution in [0.25, 0.3) is 54.6 Å². The van der Waals surface area contributed by atoms with Gasteiger partial charge < -0.3 is 9.80 Å². The molecule has 0 aromatic heterocycles. The molecule has 0 radical (unpaired) electrons. The fourth-order valence-electron chi connectivity index (χ4n) is 10.6. The number of para-hydroxylation sites is 2. The van der Waals surface area contributed by atoms with E-state index >= 15 is 0 Å². The Morgan fingerprint density at radius 2 is 0.712 bits per heavy atom. The second-order valence-corrected chi connectivity index (χ2v) is 19.8. The fourth-order valence-corrected chi connectivity index (χ4v) is 10.6. The molecule has 10 rings (SSSR count). The van der Waals surface area contributed by atoms with Crippen molar-refractivity contribution in [2.24, 2.45) is 0 Å². The molecule has 66 heavy (non-hydrogen) atoms. The van der Waals surface area contributed by atoms with E-state index in [-0.39, 0.29) is 5.41 Å². The predicted octanol–water partition coefficient (Wildman–Crippen LogP) is 18.6. The molecule has 0 heterocycles. The van der Waals surface area contributed by atoms with Crippen molar-refractivity contribution in [1.29, 1.82) is 0 Å². The van der Waals surface area contributed by atoms with Crippen molar-refractivity contribution in [3.05, 3.63) is 214 Å². The summed E-state index contributed by atoms with van der Waals surface area (Å²) in [6, 6.07) is 62.0. The second-order valence-electron chi connectivity index (χ2n) is 19.8. The average Bonchev–Trinajstić information content (AvgIpc) is 3.29. The summed E-state index contributed by atoms with van der Waals surface area (Å²) in [4.78, 5) is 5.19. The molecule has 0 spiro atoms. The van der Waals surface area contributed by atoms with E-state index in [4.69, 9.17) is 0 Å². The number of aryl methyl sites for hydroxylation is 8. The molecule has 2 nitrogen and oxygen atoms in total. The Labute approximate surface area is 392 Å². The summed E-state index contributed by atoms with van der Waals surface area (Å²) in [5, 5.41) is 7.58. The zero-order valence-corrected chi connectivity index (χ0v) is 40.5. The van der Waals surface area contributed by atoms with Crippen LogP contribution in [0.5, 0.6) is 0 Å². The fraction of sp³-hybridized carbons (Fsp3) is 0.188. The first-order valence-electron chi connectivity index (χ1n) is 23.5. The van der Waals surface area contributed by atoms with E-state index in [0.717, 1.165) is 11.4 Å². The summed E-state index contributed by atoms with van der Waals surface area (Å²) in [7, 11) is 0. The molecule has 0 fully saturated rings. The highest BCUT2D eigenvalue weighted by Crippen LogP contribution is 2.53. The Kier molecular flexibility index (Phi) is 10.6. The third-order valence-corrected chi connectivity index (χ3v) is 14.2. The number of hydrogen-bond donors (Lipinski definition) is 0. The van der Waals surface area contributed by atoms with E-state index in [9.17, 15) is 0 Å². The van der Waals surface area contributed by atoms with Gasteiger partial charge in [0, 0.05) is 27.5 Å². The molecular weight excluding hydrogens is 797 g/mol. The lowest BCUT2D eigenvalue weighted by atomic mass is 9.83. The number of rotatable bonds is 8. The Balaban J connectivity index is 1.39. The lowest BCUT2D eigenvalue weighted by Crippen LogP contribution is -2.18. The molecule has 10 aromatic rings. The maximum atomic E-state index is 2.59. The van der Waals surface area contributed by atoms with Crippen LogP contribution in [0.15, 0.2) is 164 Å². The van der Waals surface area contributed by atoms with E-state index < -0.39 is 0 Å². The number of anilines is 6.